The molecule has 0 aliphatic heterocycles. The number of amides is 1. The highest BCUT2D eigenvalue weighted by Gasteiger charge is 2.22. The van der Waals surface area contributed by atoms with Gasteiger partial charge in [0.05, 0.1) is 19.8 Å². The van der Waals surface area contributed by atoms with Gasteiger partial charge in [0.2, 0.25) is 5.91 Å². The fourth-order valence-electron chi connectivity index (χ4n) is 2.32. The predicted molar refractivity (Wildman–Crippen MR) is 89.8 cm³/mol. The average Bonchev–Trinajstić information content (AvgIpc) is 2.59. The number of hydrogen-bond donors (Lipinski definition) is 2. The molecular formula is C18H21NO5. The molecule has 2 N–H and O–H groups in total. The van der Waals surface area contributed by atoms with Crippen LogP contribution in [0.25, 0.3) is 10.8 Å². The van der Waals surface area contributed by atoms with Gasteiger partial charge in [-0.25, -0.2) is 4.79 Å². The lowest BCUT2D eigenvalue weighted by atomic mass is 10.0. The monoisotopic (exact) mass is 331 g/mol. The Bertz CT molecular complexity index is 701. The number of carbonyl (C=O) groups is 2. The molecule has 0 saturated carbocycles. The van der Waals surface area contributed by atoms with Crippen molar-refractivity contribution in [3.63, 3.8) is 0 Å². The molecule has 24 heavy (non-hydrogen) atoms. The van der Waals surface area contributed by atoms with Gasteiger partial charge in [-0.3, -0.25) is 4.79 Å². The zero-order valence-corrected chi connectivity index (χ0v) is 13.5. The molecule has 0 heterocycles. The van der Waals surface area contributed by atoms with Gasteiger partial charge >= 0.3 is 5.97 Å². The van der Waals surface area contributed by atoms with Gasteiger partial charge in [0.15, 0.2) is 6.04 Å². The first-order chi connectivity index (χ1) is 11.6. The molecule has 6 heteroatoms. The largest absolute Gasteiger partial charge is 0.479 e. The predicted octanol–water partition coefficient (Wildman–Crippen LogP) is 2.13. The van der Waals surface area contributed by atoms with Crippen LogP contribution in [-0.4, -0.2) is 43.9 Å². The molecule has 1 unspecified atom stereocenters. The number of methoxy groups -OCH3 is 1. The minimum atomic E-state index is -1.10. The summed E-state index contributed by atoms with van der Waals surface area (Å²) >= 11 is 0. The molecule has 1 atom stereocenters. The van der Waals surface area contributed by atoms with Crippen LogP contribution in [0.15, 0.2) is 42.5 Å². The summed E-state index contributed by atoms with van der Waals surface area (Å²) in [4.78, 5) is 23.5. The standard InChI is InChI=1S/C18H21NO5/c1-23-10-11-24-9-8-16(20)19-17(18(21)22)15-7-6-13-4-2-3-5-14(13)12-15/h2-7,12,17H,8-11H2,1H3,(H,19,20)(H,21,22). The molecule has 0 aromatic heterocycles. The van der Waals surface area contributed by atoms with Crippen molar-refractivity contribution in [1.82, 2.24) is 5.32 Å². The van der Waals surface area contributed by atoms with Crippen molar-refractivity contribution in [3.8, 4) is 0 Å². The highest BCUT2D eigenvalue weighted by atomic mass is 16.5. The van der Waals surface area contributed by atoms with E-state index in [2.05, 4.69) is 5.32 Å². The van der Waals surface area contributed by atoms with Crippen molar-refractivity contribution in [2.45, 2.75) is 12.5 Å². The summed E-state index contributed by atoms with van der Waals surface area (Å²) in [5.74, 6) is -1.47. The Balaban J connectivity index is 2.00. The number of aliphatic carboxylic acids is 1. The molecular weight excluding hydrogens is 310 g/mol. The second-order valence-corrected chi connectivity index (χ2v) is 5.30. The van der Waals surface area contributed by atoms with Gasteiger partial charge < -0.3 is 19.9 Å². The van der Waals surface area contributed by atoms with Gasteiger partial charge in [-0.15, -0.1) is 0 Å². The van der Waals surface area contributed by atoms with Crippen molar-refractivity contribution in [3.05, 3.63) is 48.0 Å². The molecule has 0 fully saturated rings. The molecule has 0 bridgehead atoms. The zero-order valence-electron chi connectivity index (χ0n) is 13.5. The number of carbonyl (C=O) groups excluding carboxylic acids is 1. The number of carboxylic acid groups (broad SMARTS) is 1. The first-order valence-electron chi connectivity index (χ1n) is 7.69. The zero-order chi connectivity index (χ0) is 17.4. The lowest BCUT2D eigenvalue weighted by Crippen LogP contribution is -2.34. The van der Waals surface area contributed by atoms with Gasteiger partial charge in [0.25, 0.3) is 0 Å². The van der Waals surface area contributed by atoms with Crippen LogP contribution in [0.1, 0.15) is 18.0 Å². The van der Waals surface area contributed by atoms with Gasteiger partial charge in [-0.2, -0.15) is 0 Å². The fourth-order valence-corrected chi connectivity index (χ4v) is 2.32. The van der Waals surface area contributed by atoms with E-state index < -0.39 is 12.0 Å². The van der Waals surface area contributed by atoms with Gasteiger partial charge in [-0.05, 0) is 22.4 Å². The molecule has 0 aliphatic rings. The molecule has 2 aromatic carbocycles. The summed E-state index contributed by atoms with van der Waals surface area (Å²) in [5, 5.41) is 13.9. The molecule has 0 saturated heterocycles. The van der Waals surface area contributed by atoms with Crippen molar-refractivity contribution in [2.75, 3.05) is 26.9 Å². The summed E-state index contributed by atoms with van der Waals surface area (Å²) < 4.78 is 10.1. The minimum Gasteiger partial charge on any atom is -0.479 e. The molecule has 2 rings (SSSR count). The summed E-state index contributed by atoms with van der Waals surface area (Å²) in [7, 11) is 1.57. The number of rotatable bonds is 9. The maximum atomic E-state index is 11.9. The first-order valence-corrected chi connectivity index (χ1v) is 7.69. The Morgan fingerprint density at radius 2 is 1.83 bits per heavy atom. The summed E-state index contributed by atoms with van der Waals surface area (Å²) in [5.41, 5.74) is 0.537. The van der Waals surface area contributed by atoms with Crippen LogP contribution in [0, 0.1) is 0 Å². The molecule has 128 valence electrons. The van der Waals surface area contributed by atoms with E-state index in [-0.39, 0.29) is 18.9 Å². The van der Waals surface area contributed by atoms with Gasteiger partial charge in [-0.1, -0.05) is 36.4 Å². The normalized spacial score (nSPS) is 12.0. The Morgan fingerprint density at radius 1 is 1.08 bits per heavy atom. The summed E-state index contributed by atoms with van der Waals surface area (Å²) in [6, 6.07) is 11.9. The van der Waals surface area contributed by atoms with E-state index in [1.54, 1.807) is 19.2 Å². The minimum absolute atomic E-state index is 0.0983. The van der Waals surface area contributed by atoms with Crippen LogP contribution in [0.3, 0.4) is 0 Å². The molecule has 6 nitrogen and oxygen atoms in total. The van der Waals surface area contributed by atoms with E-state index in [0.29, 0.717) is 18.8 Å². The smallest absolute Gasteiger partial charge is 0.330 e. The van der Waals surface area contributed by atoms with Crippen molar-refractivity contribution in [2.24, 2.45) is 0 Å². The number of carboxylic acids is 1. The van der Waals surface area contributed by atoms with Crippen LogP contribution in [0.2, 0.25) is 0 Å². The number of nitrogens with one attached hydrogen (secondary N) is 1. The van der Waals surface area contributed by atoms with E-state index in [1.165, 1.54) is 0 Å². The Labute approximate surface area is 140 Å². The molecule has 0 spiro atoms. The van der Waals surface area contributed by atoms with Crippen LogP contribution in [-0.2, 0) is 19.1 Å². The highest BCUT2D eigenvalue weighted by molar-refractivity contribution is 5.88. The summed E-state index contributed by atoms with van der Waals surface area (Å²) in [6.45, 7) is 1.08. The third kappa shape index (κ3) is 5.04. The third-order valence-electron chi connectivity index (χ3n) is 3.56. The molecule has 1 amide bonds. The van der Waals surface area contributed by atoms with E-state index in [1.807, 2.05) is 30.3 Å². The van der Waals surface area contributed by atoms with Crippen molar-refractivity contribution < 1.29 is 24.2 Å². The molecule has 2 aromatic rings. The van der Waals surface area contributed by atoms with Crippen molar-refractivity contribution in [1.29, 1.82) is 0 Å². The second kappa shape index (κ2) is 9.00. The van der Waals surface area contributed by atoms with E-state index >= 15 is 0 Å². The van der Waals surface area contributed by atoms with Gasteiger partial charge in [0, 0.05) is 13.5 Å². The third-order valence-corrected chi connectivity index (χ3v) is 3.56. The Hall–Kier alpha value is -2.44. The second-order valence-electron chi connectivity index (χ2n) is 5.30. The van der Waals surface area contributed by atoms with Crippen LogP contribution in [0.4, 0.5) is 0 Å². The van der Waals surface area contributed by atoms with Crippen LogP contribution < -0.4 is 5.32 Å². The SMILES string of the molecule is COCCOCCC(=O)NC(C(=O)O)c1ccc2ccccc2c1. The quantitative estimate of drug-likeness (QED) is 0.688. The van der Waals surface area contributed by atoms with E-state index in [4.69, 9.17) is 9.47 Å². The summed E-state index contributed by atoms with van der Waals surface area (Å²) in [6.07, 6.45) is 0.0983. The number of ether oxygens (including phenoxy) is 2. The fraction of sp³-hybridized carbons (Fsp3) is 0.333. The Morgan fingerprint density at radius 3 is 2.54 bits per heavy atom. The average molecular weight is 331 g/mol. The van der Waals surface area contributed by atoms with Gasteiger partial charge in [0.1, 0.15) is 0 Å². The van der Waals surface area contributed by atoms with Crippen LogP contribution in [0.5, 0.6) is 0 Å². The van der Waals surface area contributed by atoms with Crippen LogP contribution >= 0.6 is 0 Å². The lowest BCUT2D eigenvalue weighted by molar-refractivity contribution is -0.142. The molecule has 0 radical (unpaired) electrons. The van der Waals surface area contributed by atoms with E-state index in [9.17, 15) is 14.7 Å². The lowest BCUT2D eigenvalue weighted by Gasteiger charge is -2.15. The topological polar surface area (TPSA) is 84.9 Å². The highest BCUT2D eigenvalue weighted by Crippen LogP contribution is 2.21. The first kappa shape index (κ1) is 17.9. The molecule has 0 aliphatic carbocycles. The Kier molecular flexibility index (Phi) is 6.72. The van der Waals surface area contributed by atoms with Crippen molar-refractivity contribution >= 4 is 22.6 Å². The maximum Gasteiger partial charge on any atom is 0.330 e. The number of fused-ring (bicyclic) bond motifs is 1. The van der Waals surface area contributed by atoms with E-state index in [0.717, 1.165) is 10.8 Å². The number of hydrogen-bond acceptors (Lipinski definition) is 4. The number of benzene rings is 2. The maximum absolute atomic E-state index is 11.9.